The number of benzene rings is 1. The molecule has 8 heterocycles. The van der Waals surface area contributed by atoms with E-state index >= 15 is 0 Å². The van der Waals surface area contributed by atoms with Crippen molar-refractivity contribution >= 4 is 17.9 Å². The van der Waals surface area contributed by atoms with Gasteiger partial charge in [-0.25, -0.2) is 9.78 Å². The molecule has 11 nitrogen and oxygen atoms in total. The number of hydrogen-bond acceptors (Lipinski definition) is 7. The van der Waals surface area contributed by atoms with E-state index in [4.69, 9.17) is 9.47 Å². The molecule has 11 heteroatoms. The van der Waals surface area contributed by atoms with E-state index < -0.39 is 5.54 Å². The molecule has 6 aliphatic rings. The van der Waals surface area contributed by atoms with Gasteiger partial charge in [-0.15, -0.1) is 0 Å². The third kappa shape index (κ3) is 3.68. The van der Waals surface area contributed by atoms with Crippen LogP contribution in [0, 0.1) is 0 Å². The number of hydrogen-bond donors (Lipinski definition) is 1. The number of rotatable bonds is 4. The maximum absolute atomic E-state index is 13.9. The number of aromatic nitrogens is 4. The van der Waals surface area contributed by atoms with Crippen LogP contribution in [0.1, 0.15) is 36.8 Å². The Morgan fingerprint density at radius 2 is 1.92 bits per heavy atom. The fourth-order valence-electron chi connectivity index (χ4n) is 5.80. The quantitative estimate of drug-likeness (QED) is 0.582. The van der Waals surface area contributed by atoms with Crippen molar-refractivity contribution in [1.29, 1.82) is 0 Å². The Hall–Kier alpha value is -4.15. The van der Waals surface area contributed by atoms with Crippen LogP contribution < -0.4 is 14.4 Å². The van der Waals surface area contributed by atoms with Crippen LogP contribution in [-0.2, 0) is 11.3 Å². The van der Waals surface area contributed by atoms with Crippen LogP contribution in [0.25, 0.3) is 11.1 Å². The van der Waals surface area contributed by atoms with Crippen molar-refractivity contribution in [3.63, 3.8) is 0 Å². The molecule has 37 heavy (non-hydrogen) atoms. The number of nitrogens with zero attached hydrogens (tertiary/aromatic N) is 6. The van der Waals surface area contributed by atoms with E-state index in [0.29, 0.717) is 62.2 Å². The SMILES string of the molecule is COc1cc2ccc1C(C)C(=O)N1CCC3(CC1)CN(c1ncc(-c4cn[nH]c4)c(OC)n1)C(=O)N3C2. The van der Waals surface area contributed by atoms with E-state index in [2.05, 4.69) is 20.2 Å². The predicted molar refractivity (Wildman–Crippen MR) is 134 cm³/mol. The van der Waals surface area contributed by atoms with E-state index in [-0.39, 0.29) is 17.9 Å². The summed E-state index contributed by atoms with van der Waals surface area (Å²) >= 11 is 0. The number of carbonyl (C=O) groups excluding carboxylic acids is 2. The molecule has 2 fully saturated rings. The summed E-state index contributed by atoms with van der Waals surface area (Å²) in [4.78, 5) is 41.9. The van der Waals surface area contributed by atoms with E-state index in [1.807, 2.05) is 34.9 Å². The smallest absolute Gasteiger partial charge is 0.327 e. The van der Waals surface area contributed by atoms with Gasteiger partial charge in [0.15, 0.2) is 0 Å². The summed E-state index contributed by atoms with van der Waals surface area (Å²) in [7, 11) is 3.15. The minimum absolute atomic E-state index is 0.0807. The molecule has 0 aliphatic carbocycles. The lowest BCUT2D eigenvalue weighted by Crippen LogP contribution is -2.55. The maximum atomic E-state index is 13.9. The van der Waals surface area contributed by atoms with Crippen molar-refractivity contribution in [2.75, 3.05) is 38.8 Å². The van der Waals surface area contributed by atoms with Crippen molar-refractivity contribution in [2.24, 2.45) is 0 Å². The molecule has 1 N–H and O–H groups in total. The van der Waals surface area contributed by atoms with Gasteiger partial charge >= 0.3 is 6.03 Å². The first-order chi connectivity index (χ1) is 17.9. The largest absolute Gasteiger partial charge is 0.496 e. The number of amides is 3. The molecule has 9 rings (SSSR count). The van der Waals surface area contributed by atoms with Crippen LogP contribution in [0.5, 0.6) is 11.6 Å². The molecule has 1 unspecified atom stereocenters. The summed E-state index contributed by atoms with van der Waals surface area (Å²) in [5.41, 5.74) is 2.85. The Morgan fingerprint density at radius 3 is 2.62 bits per heavy atom. The van der Waals surface area contributed by atoms with Gasteiger partial charge in [-0.1, -0.05) is 12.1 Å². The summed E-state index contributed by atoms with van der Waals surface area (Å²) in [6.45, 7) is 3.97. The Labute approximate surface area is 214 Å². The van der Waals surface area contributed by atoms with E-state index in [1.54, 1.807) is 37.7 Å². The van der Waals surface area contributed by atoms with Gasteiger partial charge in [-0.05, 0) is 31.4 Å². The Morgan fingerprint density at radius 1 is 1.11 bits per heavy atom. The summed E-state index contributed by atoms with van der Waals surface area (Å²) in [6, 6.07) is 5.70. The van der Waals surface area contributed by atoms with Gasteiger partial charge in [0.05, 0.1) is 44.0 Å². The van der Waals surface area contributed by atoms with Gasteiger partial charge in [0.25, 0.3) is 0 Å². The highest BCUT2D eigenvalue weighted by molar-refractivity contribution is 5.94. The summed E-state index contributed by atoms with van der Waals surface area (Å²) in [5, 5.41) is 6.77. The van der Waals surface area contributed by atoms with Gasteiger partial charge in [-0.2, -0.15) is 10.1 Å². The molecular formula is C26H29N7O4. The van der Waals surface area contributed by atoms with E-state index in [0.717, 1.165) is 16.7 Å². The summed E-state index contributed by atoms with van der Waals surface area (Å²) in [6.07, 6.45) is 6.43. The highest BCUT2D eigenvalue weighted by Gasteiger charge is 2.52. The van der Waals surface area contributed by atoms with E-state index in [9.17, 15) is 9.59 Å². The van der Waals surface area contributed by atoms with Gasteiger partial charge < -0.3 is 19.3 Å². The summed E-state index contributed by atoms with van der Waals surface area (Å²) < 4.78 is 11.2. The van der Waals surface area contributed by atoms with Crippen LogP contribution >= 0.6 is 0 Å². The van der Waals surface area contributed by atoms with Crippen LogP contribution in [-0.4, -0.2) is 81.3 Å². The number of carbonyl (C=O) groups is 2. The van der Waals surface area contributed by atoms with Crippen molar-refractivity contribution < 1.29 is 19.1 Å². The number of nitrogens with one attached hydrogen (secondary N) is 1. The first kappa shape index (κ1) is 23.3. The molecule has 0 saturated carbocycles. The average Bonchev–Trinajstić information content (AvgIpc) is 3.55. The van der Waals surface area contributed by atoms with Crippen molar-refractivity contribution in [1.82, 2.24) is 30.0 Å². The van der Waals surface area contributed by atoms with Crippen molar-refractivity contribution in [2.45, 2.75) is 37.8 Å². The highest BCUT2D eigenvalue weighted by Crippen LogP contribution is 2.41. The molecule has 1 spiro atoms. The van der Waals surface area contributed by atoms with Crippen LogP contribution in [0.2, 0.25) is 0 Å². The number of anilines is 1. The predicted octanol–water partition coefficient (Wildman–Crippen LogP) is 2.80. The number of ether oxygens (including phenoxy) is 2. The summed E-state index contributed by atoms with van der Waals surface area (Å²) in [5.74, 6) is 1.10. The lowest BCUT2D eigenvalue weighted by molar-refractivity contribution is -0.134. The standard InChI is InChI=1S/C26H29N7O4/c1-16-19-5-4-17(10-21(19)36-2)14-33-25(35)32(15-26(33)6-8-31(9-7-26)23(16)34)24-27-13-20(22(30-24)37-3)18-11-28-29-12-18/h4-5,10-13,16H,6-9,14-15H2,1-3H3,(H,28,29). The normalized spacial score (nSPS) is 23.2. The molecule has 0 radical (unpaired) electrons. The van der Waals surface area contributed by atoms with Crippen molar-refractivity contribution in [3.8, 4) is 22.8 Å². The van der Waals surface area contributed by atoms with Crippen LogP contribution in [0.15, 0.2) is 36.8 Å². The molecule has 1 atom stereocenters. The van der Waals surface area contributed by atoms with Gasteiger partial charge in [-0.3, -0.25) is 14.8 Å². The monoisotopic (exact) mass is 503 g/mol. The number of aromatic amines is 1. The van der Waals surface area contributed by atoms with Crippen molar-refractivity contribution in [3.05, 3.63) is 47.9 Å². The zero-order chi connectivity index (χ0) is 25.7. The minimum atomic E-state index is -0.442. The molecule has 192 valence electrons. The third-order valence-corrected chi connectivity index (χ3v) is 7.95. The van der Waals surface area contributed by atoms with Crippen LogP contribution in [0.4, 0.5) is 10.7 Å². The van der Waals surface area contributed by atoms with E-state index in [1.165, 1.54) is 0 Å². The number of urea groups is 1. The molecule has 3 amide bonds. The molecule has 2 aromatic heterocycles. The zero-order valence-corrected chi connectivity index (χ0v) is 21.1. The molecule has 1 aromatic carbocycles. The Bertz CT molecular complexity index is 1350. The second kappa shape index (κ2) is 8.75. The molecule has 2 saturated heterocycles. The minimum Gasteiger partial charge on any atom is -0.496 e. The lowest BCUT2D eigenvalue weighted by Gasteiger charge is -2.44. The third-order valence-electron chi connectivity index (χ3n) is 7.95. The number of piperidine rings is 1. The fourth-order valence-corrected chi connectivity index (χ4v) is 5.80. The fraction of sp³-hybridized carbons (Fsp3) is 0.423. The molecule has 3 aromatic rings. The number of H-pyrrole nitrogens is 1. The Kier molecular flexibility index (Phi) is 5.50. The zero-order valence-electron chi connectivity index (χ0n) is 21.1. The molecule has 6 aliphatic heterocycles. The highest BCUT2D eigenvalue weighted by atomic mass is 16.5. The lowest BCUT2D eigenvalue weighted by atomic mass is 9.85. The second-order valence-corrected chi connectivity index (χ2v) is 9.88. The molecular weight excluding hydrogens is 474 g/mol. The van der Waals surface area contributed by atoms with Gasteiger partial charge in [0.2, 0.25) is 17.7 Å². The average molecular weight is 504 g/mol. The first-order valence-corrected chi connectivity index (χ1v) is 12.4. The maximum Gasteiger partial charge on any atom is 0.327 e. The molecule has 4 bridgehead atoms. The van der Waals surface area contributed by atoms with Gasteiger partial charge in [0.1, 0.15) is 5.75 Å². The van der Waals surface area contributed by atoms with Gasteiger partial charge in [0, 0.05) is 43.2 Å². The topological polar surface area (TPSA) is 117 Å². The Balaban J connectivity index is 1.39. The van der Waals surface area contributed by atoms with Crippen LogP contribution in [0.3, 0.4) is 0 Å². The number of methoxy groups -OCH3 is 2. The first-order valence-electron chi connectivity index (χ1n) is 12.4. The second-order valence-electron chi connectivity index (χ2n) is 9.88.